The van der Waals surface area contributed by atoms with Crippen molar-refractivity contribution in [2.24, 2.45) is 5.73 Å². The molecular weight excluding hydrogens is 206 g/mol. The number of aryl methyl sites for hydroxylation is 1. The van der Waals surface area contributed by atoms with Crippen LogP contribution in [-0.4, -0.2) is 0 Å². The summed E-state index contributed by atoms with van der Waals surface area (Å²) in [4.78, 5) is 0. The molecule has 0 spiro atoms. The van der Waals surface area contributed by atoms with Crippen LogP contribution in [0.1, 0.15) is 36.9 Å². The first kappa shape index (κ1) is 12.3. The van der Waals surface area contributed by atoms with Crippen LogP contribution in [0.5, 0.6) is 0 Å². The van der Waals surface area contributed by atoms with E-state index in [0.717, 1.165) is 29.0 Å². The van der Waals surface area contributed by atoms with Gasteiger partial charge in [-0.3, -0.25) is 0 Å². The fraction of sp³-hybridized carbons (Fsp3) is 0.385. The highest BCUT2D eigenvalue weighted by molar-refractivity contribution is 6.31. The Kier molecular flexibility index (Phi) is 4.37. The third-order valence-corrected chi connectivity index (χ3v) is 3.04. The van der Waals surface area contributed by atoms with Gasteiger partial charge in [-0.25, -0.2) is 0 Å². The molecule has 15 heavy (non-hydrogen) atoms. The van der Waals surface area contributed by atoms with Gasteiger partial charge in [0, 0.05) is 11.1 Å². The summed E-state index contributed by atoms with van der Waals surface area (Å²) in [5.41, 5.74) is 9.42. The maximum absolute atomic E-state index is 6.07. The normalized spacial score (nSPS) is 12.5. The Morgan fingerprint density at radius 1 is 1.53 bits per heavy atom. The molecule has 2 heteroatoms. The Bertz CT molecular complexity index is 358. The van der Waals surface area contributed by atoms with Gasteiger partial charge in [-0.2, -0.15) is 0 Å². The van der Waals surface area contributed by atoms with Gasteiger partial charge in [0.2, 0.25) is 0 Å². The maximum atomic E-state index is 6.07. The van der Waals surface area contributed by atoms with Crippen molar-refractivity contribution in [2.45, 2.75) is 32.7 Å². The minimum absolute atomic E-state index is 0.00977. The fourth-order valence-corrected chi connectivity index (χ4v) is 1.60. The van der Waals surface area contributed by atoms with Crippen molar-refractivity contribution >= 4 is 11.6 Å². The Morgan fingerprint density at radius 3 is 2.73 bits per heavy atom. The average Bonchev–Trinajstić information content (AvgIpc) is 2.21. The number of hydrogen-bond acceptors (Lipinski definition) is 1. The summed E-state index contributed by atoms with van der Waals surface area (Å²) in [6.45, 7) is 8.05. The predicted octanol–water partition coefficient (Wildman–Crippen LogP) is 4.00. The van der Waals surface area contributed by atoms with Crippen LogP contribution >= 0.6 is 11.6 Å². The van der Waals surface area contributed by atoms with Gasteiger partial charge in [-0.1, -0.05) is 42.8 Å². The molecule has 0 aliphatic rings. The van der Waals surface area contributed by atoms with E-state index in [-0.39, 0.29) is 6.04 Å². The maximum Gasteiger partial charge on any atom is 0.0438 e. The number of hydrogen-bond donors (Lipinski definition) is 1. The molecule has 1 unspecified atom stereocenters. The van der Waals surface area contributed by atoms with Crippen LogP contribution in [0, 0.1) is 6.92 Å². The summed E-state index contributed by atoms with van der Waals surface area (Å²) in [6.07, 6.45) is 1.81. The molecule has 0 aliphatic heterocycles. The zero-order valence-corrected chi connectivity index (χ0v) is 10.1. The molecule has 0 saturated carbocycles. The predicted molar refractivity (Wildman–Crippen MR) is 67.2 cm³/mol. The number of nitrogens with two attached hydrogens (primary N) is 1. The molecule has 1 aromatic rings. The zero-order valence-electron chi connectivity index (χ0n) is 9.39. The highest BCUT2D eigenvalue weighted by Gasteiger charge is 2.08. The highest BCUT2D eigenvalue weighted by atomic mass is 35.5. The zero-order chi connectivity index (χ0) is 11.4. The van der Waals surface area contributed by atoms with Gasteiger partial charge >= 0.3 is 0 Å². The topological polar surface area (TPSA) is 26.0 Å². The molecule has 82 valence electrons. The van der Waals surface area contributed by atoms with Crippen LogP contribution in [-0.2, 0) is 0 Å². The van der Waals surface area contributed by atoms with Crippen LogP contribution in [0.15, 0.2) is 30.4 Å². The van der Waals surface area contributed by atoms with Gasteiger partial charge < -0.3 is 5.73 Å². The fourth-order valence-electron chi connectivity index (χ4n) is 1.41. The van der Waals surface area contributed by atoms with E-state index in [1.807, 2.05) is 25.1 Å². The second-order valence-electron chi connectivity index (χ2n) is 3.92. The third kappa shape index (κ3) is 3.37. The lowest BCUT2D eigenvalue weighted by molar-refractivity contribution is 0.701. The minimum Gasteiger partial charge on any atom is -0.324 e. The lowest BCUT2D eigenvalue weighted by Crippen LogP contribution is -2.10. The van der Waals surface area contributed by atoms with Crippen molar-refractivity contribution in [2.75, 3.05) is 0 Å². The third-order valence-electron chi connectivity index (χ3n) is 2.63. The average molecular weight is 224 g/mol. The van der Waals surface area contributed by atoms with Gasteiger partial charge in [0.05, 0.1) is 0 Å². The first-order chi connectivity index (χ1) is 7.04. The summed E-state index contributed by atoms with van der Waals surface area (Å²) in [5, 5.41) is 0.782. The molecule has 1 aromatic carbocycles. The Hall–Kier alpha value is -0.790. The molecule has 0 bridgehead atoms. The van der Waals surface area contributed by atoms with Crippen molar-refractivity contribution in [3.63, 3.8) is 0 Å². The number of rotatable bonds is 4. The Labute approximate surface area is 96.9 Å². The van der Waals surface area contributed by atoms with Gasteiger partial charge in [0.15, 0.2) is 0 Å². The molecule has 0 aliphatic carbocycles. The molecule has 0 fully saturated rings. The Morgan fingerprint density at radius 2 is 2.20 bits per heavy atom. The van der Waals surface area contributed by atoms with Crippen LogP contribution in [0.4, 0.5) is 0 Å². The molecule has 0 aromatic heterocycles. The van der Waals surface area contributed by atoms with Crippen LogP contribution < -0.4 is 5.73 Å². The largest absolute Gasteiger partial charge is 0.324 e. The molecule has 0 radical (unpaired) electrons. The molecule has 1 atom stereocenters. The van der Waals surface area contributed by atoms with Crippen LogP contribution in [0.25, 0.3) is 0 Å². The van der Waals surface area contributed by atoms with Crippen molar-refractivity contribution in [1.82, 2.24) is 0 Å². The molecule has 0 amide bonds. The van der Waals surface area contributed by atoms with Gasteiger partial charge in [-0.15, -0.1) is 0 Å². The van der Waals surface area contributed by atoms with Crippen molar-refractivity contribution in [3.05, 3.63) is 46.5 Å². The number of halogens is 1. The van der Waals surface area contributed by atoms with Crippen molar-refractivity contribution in [3.8, 4) is 0 Å². The SMILES string of the molecule is C=C(CC)CC(N)c1ccc(C)c(Cl)c1. The van der Waals surface area contributed by atoms with E-state index in [9.17, 15) is 0 Å². The van der Waals surface area contributed by atoms with E-state index in [0.29, 0.717) is 0 Å². The quantitative estimate of drug-likeness (QED) is 0.768. The van der Waals surface area contributed by atoms with Crippen LogP contribution in [0.3, 0.4) is 0 Å². The standard InChI is InChI=1S/C13H18ClN/c1-4-9(2)7-13(15)11-6-5-10(3)12(14)8-11/h5-6,8,13H,2,4,7,15H2,1,3H3. The Balaban J connectivity index is 2.78. The lowest BCUT2D eigenvalue weighted by atomic mass is 9.98. The molecule has 0 saturated heterocycles. The van der Waals surface area contributed by atoms with E-state index in [4.69, 9.17) is 17.3 Å². The van der Waals surface area contributed by atoms with Gasteiger partial charge in [-0.05, 0) is 37.0 Å². The first-order valence-corrected chi connectivity index (χ1v) is 5.60. The van der Waals surface area contributed by atoms with E-state index < -0.39 is 0 Å². The van der Waals surface area contributed by atoms with E-state index >= 15 is 0 Å². The van der Waals surface area contributed by atoms with Crippen LogP contribution in [0.2, 0.25) is 5.02 Å². The first-order valence-electron chi connectivity index (χ1n) is 5.23. The monoisotopic (exact) mass is 223 g/mol. The molecular formula is C13H18ClN. The van der Waals surface area contributed by atoms with Gasteiger partial charge in [0.1, 0.15) is 0 Å². The van der Waals surface area contributed by atoms with Gasteiger partial charge in [0.25, 0.3) is 0 Å². The van der Waals surface area contributed by atoms with Crippen molar-refractivity contribution < 1.29 is 0 Å². The lowest BCUT2D eigenvalue weighted by Gasteiger charge is -2.14. The summed E-state index contributed by atoms with van der Waals surface area (Å²) in [5.74, 6) is 0. The smallest absolute Gasteiger partial charge is 0.0438 e. The second-order valence-corrected chi connectivity index (χ2v) is 4.33. The summed E-state index contributed by atoms with van der Waals surface area (Å²) < 4.78 is 0. The molecule has 1 nitrogen and oxygen atoms in total. The molecule has 0 heterocycles. The minimum atomic E-state index is 0.00977. The molecule has 1 rings (SSSR count). The number of benzene rings is 1. The summed E-state index contributed by atoms with van der Waals surface area (Å²) in [7, 11) is 0. The van der Waals surface area contributed by atoms with E-state index in [2.05, 4.69) is 13.5 Å². The summed E-state index contributed by atoms with van der Waals surface area (Å²) in [6, 6.07) is 6.00. The van der Waals surface area contributed by atoms with E-state index in [1.165, 1.54) is 5.57 Å². The molecule has 2 N–H and O–H groups in total. The highest BCUT2D eigenvalue weighted by Crippen LogP contribution is 2.24. The van der Waals surface area contributed by atoms with Crippen molar-refractivity contribution in [1.29, 1.82) is 0 Å². The van der Waals surface area contributed by atoms with E-state index in [1.54, 1.807) is 0 Å². The second kappa shape index (κ2) is 5.34. The summed E-state index contributed by atoms with van der Waals surface area (Å²) >= 11 is 6.05.